The second-order valence-electron chi connectivity index (χ2n) is 21.3. The van der Waals surface area contributed by atoms with E-state index in [0.29, 0.717) is 17.4 Å². The Kier molecular flexibility index (Phi) is 53.9. The Labute approximate surface area is 467 Å². The van der Waals surface area contributed by atoms with Crippen LogP contribution in [0.5, 0.6) is 0 Å². The van der Waals surface area contributed by atoms with Crippen LogP contribution in [-0.2, 0) is 32.7 Å². The number of esters is 2. The van der Waals surface area contributed by atoms with Crippen LogP contribution in [-0.4, -0.2) is 70.0 Å². The minimum atomic E-state index is -4.64. The van der Waals surface area contributed by atoms with Crippen LogP contribution in [0.25, 0.3) is 0 Å². The molecule has 0 heterocycles. The van der Waals surface area contributed by atoms with Gasteiger partial charge >= 0.3 is 11.9 Å². The molecule has 0 amide bonds. The van der Waals surface area contributed by atoms with E-state index in [0.717, 1.165) is 109 Å². The number of ether oxygens (including phenoxy) is 2. The molecule has 0 aromatic rings. The molecule has 0 saturated carbocycles. The molecule has 9 nitrogen and oxygen atoms in total. The van der Waals surface area contributed by atoms with Crippen molar-refractivity contribution >= 4 is 19.8 Å². The summed E-state index contributed by atoms with van der Waals surface area (Å²) in [6, 6.07) is 0. The number of carbonyl (C=O) groups is 2. The van der Waals surface area contributed by atoms with E-state index < -0.39 is 32.5 Å². The number of nitrogens with zero attached hydrogens (tertiary/aromatic N) is 1. The maximum atomic E-state index is 12.8. The van der Waals surface area contributed by atoms with Crippen LogP contribution in [0, 0.1) is 0 Å². The normalized spacial score (nSPS) is 14.0. The smallest absolute Gasteiger partial charge is 0.306 e. The molecule has 2 unspecified atom stereocenters. The molecule has 2 atom stereocenters. The Bertz CT molecular complexity index is 1650. The topological polar surface area (TPSA) is 111 Å². The zero-order valence-corrected chi connectivity index (χ0v) is 50.3. The third-order valence-corrected chi connectivity index (χ3v) is 13.7. The number of hydrogen-bond acceptors (Lipinski definition) is 8. The number of hydrogen-bond donors (Lipinski definition) is 0. The van der Waals surface area contributed by atoms with Gasteiger partial charge < -0.3 is 27.9 Å². The molecule has 0 fully saturated rings. The highest BCUT2D eigenvalue weighted by molar-refractivity contribution is 7.45. The Morgan fingerprint density at radius 3 is 1.13 bits per heavy atom. The van der Waals surface area contributed by atoms with Gasteiger partial charge in [0.2, 0.25) is 0 Å². The van der Waals surface area contributed by atoms with Crippen LogP contribution in [0.1, 0.15) is 245 Å². The molecule has 0 radical (unpaired) electrons. The van der Waals surface area contributed by atoms with E-state index in [1.165, 1.54) is 103 Å². The molecule has 0 aromatic carbocycles. The number of unbranched alkanes of at least 4 members (excludes halogenated alkanes) is 23. The van der Waals surface area contributed by atoms with E-state index in [1.807, 2.05) is 21.1 Å². The average Bonchev–Trinajstić information content (AvgIpc) is 3.38. The first kappa shape index (κ1) is 72.7. The van der Waals surface area contributed by atoms with Gasteiger partial charge in [-0.2, -0.15) is 0 Å². The molecule has 0 aliphatic carbocycles. The Balaban J connectivity index is 4.14. The highest BCUT2D eigenvalue weighted by Gasteiger charge is 2.22. The van der Waals surface area contributed by atoms with Gasteiger partial charge in [0, 0.05) is 12.8 Å². The molecule has 76 heavy (non-hydrogen) atoms. The molecular weight excluding hydrogens is 966 g/mol. The molecule has 10 heteroatoms. The summed E-state index contributed by atoms with van der Waals surface area (Å²) < 4.78 is 34.2. The van der Waals surface area contributed by atoms with Crippen molar-refractivity contribution < 1.29 is 42.1 Å². The maximum absolute atomic E-state index is 12.8. The van der Waals surface area contributed by atoms with Gasteiger partial charge in [-0.05, 0) is 103 Å². The van der Waals surface area contributed by atoms with Crippen molar-refractivity contribution in [3.63, 3.8) is 0 Å². The lowest BCUT2D eigenvalue weighted by molar-refractivity contribution is -0.870. The first-order chi connectivity index (χ1) is 37.0. The lowest BCUT2D eigenvalue weighted by Gasteiger charge is -2.28. The molecule has 0 aliphatic heterocycles. The lowest BCUT2D eigenvalue weighted by Crippen LogP contribution is -2.37. The van der Waals surface area contributed by atoms with Gasteiger partial charge in [-0.15, -0.1) is 0 Å². The van der Waals surface area contributed by atoms with E-state index in [9.17, 15) is 19.0 Å². The summed E-state index contributed by atoms with van der Waals surface area (Å²) in [4.78, 5) is 37.9. The fourth-order valence-electron chi connectivity index (χ4n) is 8.08. The van der Waals surface area contributed by atoms with E-state index in [4.69, 9.17) is 18.5 Å². The third-order valence-electron chi connectivity index (χ3n) is 12.8. The molecule has 436 valence electrons. The maximum Gasteiger partial charge on any atom is 0.306 e. The number of quaternary nitrogens is 1. The second-order valence-corrected chi connectivity index (χ2v) is 22.7. The van der Waals surface area contributed by atoms with Crippen LogP contribution in [0.4, 0.5) is 0 Å². The first-order valence-corrected chi connectivity index (χ1v) is 32.1. The predicted molar refractivity (Wildman–Crippen MR) is 323 cm³/mol. The van der Waals surface area contributed by atoms with Gasteiger partial charge in [-0.1, -0.05) is 239 Å². The Morgan fingerprint density at radius 2 is 0.750 bits per heavy atom. The van der Waals surface area contributed by atoms with Gasteiger partial charge in [0.25, 0.3) is 7.82 Å². The van der Waals surface area contributed by atoms with Crippen molar-refractivity contribution in [1.82, 2.24) is 0 Å². The predicted octanol–water partition coefficient (Wildman–Crippen LogP) is 18.7. The summed E-state index contributed by atoms with van der Waals surface area (Å²) in [6.07, 6.45) is 78.5. The van der Waals surface area contributed by atoms with E-state index in [1.54, 1.807) is 0 Å². The van der Waals surface area contributed by atoms with Crippen LogP contribution >= 0.6 is 7.82 Å². The minimum absolute atomic E-state index is 0.0367. The summed E-state index contributed by atoms with van der Waals surface area (Å²) in [5.41, 5.74) is 0. The van der Waals surface area contributed by atoms with Crippen molar-refractivity contribution in [3.05, 3.63) is 109 Å². The molecule has 0 rings (SSSR count). The van der Waals surface area contributed by atoms with E-state index >= 15 is 0 Å². The number of carbonyl (C=O) groups excluding carboxylic acids is 2. The zero-order chi connectivity index (χ0) is 55.6. The highest BCUT2D eigenvalue weighted by atomic mass is 31.2. The number of allylic oxidation sites excluding steroid dienone is 18. The molecule has 0 N–H and O–H groups in total. The number of phosphoric acid groups is 1. The first-order valence-electron chi connectivity index (χ1n) is 30.6. The summed E-state index contributed by atoms with van der Waals surface area (Å²) in [7, 11) is 1.15. The van der Waals surface area contributed by atoms with Gasteiger partial charge in [0.15, 0.2) is 6.10 Å². The molecule has 0 aliphatic rings. The third kappa shape index (κ3) is 59.9. The monoisotopic (exact) mass is 1080 g/mol. The molecule has 0 spiro atoms. The van der Waals surface area contributed by atoms with Crippen molar-refractivity contribution in [3.8, 4) is 0 Å². The Hall–Kier alpha value is -3.33. The van der Waals surface area contributed by atoms with Crippen LogP contribution in [0.3, 0.4) is 0 Å². The summed E-state index contributed by atoms with van der Waals surface area (Å²) in [5, 5.41) is 0. The summed E-state index contributed by atoms with van der Waals surface area (Å²) in [5.74, 6) is -0.845. The van der Waals surface area contributed by atoms with Crippen molar-refractivity contribution in [2.24, 2.45) is 0 Å². The molecule has 0 bridgehead atoms. The van der Waals surface area contributed by atoms with Crippen LogP contribution in [0.2, 0.25) is 0 Å². The standard InChI is InChI=1S/C66H114NO8P/c1-6-8-10-12-14-16-18-20-22-24-25-26-27-28-29-30-31-32-33-34-35-36-37-38-39-40-41-43-45-47-49-51-53-55-57-59-66(69)75-64(63-74-76(70,71)73-61-60-67(3,4)5)62-72-65(68)58-56-54-52-50-48-46-44-42-23-21-19-17-15-13-11-9-7-2/h8,10,14,16,20-23,25-26,28-29,31-32,34-35,37-38,64H,6-7,9,11-13,15,17-19,24,27,30,33,36,39-63H2,1-5H3/b10-8-,16-14-,22-20-,23-21-,26-25-,29-28-,32-31-,35-34-,38-37-. The lowest BCUT2D eigenvalue weighted by atomic mass is 10.0. The van der Waals surface area contributed by atoms with Crippen LogP contribution in [0.15, 0.2) is 109 Å². The van der Waals surface area contributed by atoms with Crippen LogP contribution < -0.4 is 4.89 Å². The largest absolute Gasteiger partial charge is 0.756 e. The zero-order valence-electron chi connectivity index (χ0n) is 49.4. The van der Waals surface area contributed by atoms with Crippen molar-refractivity contribution in [2.75, 3.05) is 47.5 Å². The number of rotatable bonds is 55. The fourth-order valence-corrected chi connectivity index (χ4v) is 8.81. The van der Waals surface area contributed by atoms with Gasteiger partial charge in [-0.3, -0.25) is 14.2 Å². The second kappa shape index (κ2) is 56.4. The summed E-state index contributed by atoms with van der Waals surface area (Å²) >= 11 is 0. The molecule has 0 saturated heterocycles. The van der Waals surface area contributed by atoms with Gasteiger partial charge in [-0.25, -0.2) is 0 Å². The summed E-state index contributed by atoms with van der Waals surface area (Å²) in [6.45, 7) is 4.11. The highest BCUT2D eigenvalue weighted by Crippen LogP contribution is 2.38. The van der Waals surface area contributed by atoms with Gasteiger partial charge in [0.05, 0.1) is 27.7 Å². The molecule has 0 aromatic heterocycles. The van der Waals surface area contributed by atoms with E-state index in [-0.39, 0.29) is 26.1 Å². The quantitative estimate of drug-likeness (QED) is 0.0195. The average molecular weight is 1080 g/mol. The number of likely N-dealkylation sites (N-methyl/N-ethyl adjacent to an activating group) is 1. The van der Waals surface area contributed by atoms with Crippen molar-refractivity contribution in [1.29, 1.82) is 0 Å². The fraction of sp³-hybridized carbons (Fsp3) is 0.697. The van der Waals surface area contributed by atoms with E-state index in [2.05, 4.69) is 123 Å². The Morgan fingerprint density at radius 1 is 0.421 bits per heavy atom. The van der Waals surface area contributed by atoms with Gasteiger partial charge in [0.1, 0.15) is 19.8 Å². The molecular formula is C66H114NO8P. The number of phosphoric ester groups is 1. The minimum Gasteiger partial charge on any atom is -0.756 e. The SMILES string of the molecule is CC/C=C\C/C=C\C/C=C\C/C=C\C/C=C\C/C=C\C/C=C\C/C=C\CCCCCCCCCCCCC(=O)OC(COC(=O)CCCCCCCCC/C=C\CCCCCCCC)COP(=O)([O-])OCC[N+](C)(C)C. The van der Waals surface area contributed by atoms with Crippen molar-refractivity contribution in [2.45, 2.75) is 251 Å².